The lowest BCUT2D eigenvalue weighted by Gasteiger charge is -2.26. The minimum absolute atomic E-state index is 0.119. The second-order valence-corrected chi connectivity index (χ2v) is 5.44. The smallest absolute Gasteiger partial charge is 0.272 e. The van der Waals surface area contributed by atoms with Crippen LogP contribution in [0.5, 0.6) is 0 Å². The van der Waals surface area contributed by atoms with Crippen LogP contribution >= 0.6 is 0 Å². The maximum atomic E-state index is 12.6. The van der Waals surface area contributed by atoms with Crippen LogP contribution in [0.25, 0.3) is 0 Å². The van der Waals surface area contributed by atoms with Crippen LogP contribution in [0.3, 0.4) is 0 Å². The highest BCUT2D eigenvalue weighted by molar-refractivity contribution is 5.92. The van der Waals surface area contributed by atoms with Gasteiger partial charge in [-0.25, -0.2) is 9.97 Å². The summed E-state index contributed by atoms with van der Waals surface area (Å²) in [5.41, 5.74) is 2.40. The Balaban J connectivity index is 1.80. The Labute approximate surface area is 139 Å². The van der Waals surface area contributed by atoms with Gasteiger partial charge < -0.3 is 15.0 Å². The Kier molecular flexibility index (Phi) is 4.68. The van der Waals surface area contributed by atoms with Crippen molar-refractivity contribution in [2.75, 3.05) is 31.6 Å². The van der Waals surface area contributed by atoms with Crippen LogP contribution in [0.15, 0.2) is 30.3 Å². The zero-order valence-corrected chi connectivity index (χ0v) is 13.3. The molecule has 0 unspecified atom stereocenters. The van der Waals surface area contributed by atoms with Gasteiger partial charge in [0.2, 0.25) is 5.95 Å². The highest BCUT2D eigenvalue weighted by atomic mass is 16.5. The van der Waals surface area contributed by atoms with Crippen molar-refractivity contribution >= 4 is 17.5 Å². The number of rotatable bonds is 3. The summed E-state index contributed by atoms with van der Waals surface area (Å²) in [6, 6.07) is 10.7. The molecular formula is C17H17N5O2. The molecule has 0 radical (unpaired) electrons. The molecule has 24 heavy (non-hydrogen) atoms. The predicted octanol–water partition coefficient (Wildman–Crippen LogP) is 1.87. The van der Waals surface area contributed by atoms with Crippen molar-refractivity contribution in [3.8, 4) is 6.07 Å². The van der Waals surface area contributed by atoms with Crippen LogP contribution in [0.2, 0.25) is 0 Å². The van der Waals surface area contributed by atoms with Crippen molar-refractivity contribution in [2.24, 2.45) is 0 Å². The summed E-state index contributed by atoms with van der Waals surface area (Å²) < 4.78 is 5.27. The van der Waals surface area contributed by atoms with Gasteiger partial charge in [0.1, 0.15) is 5.69 Å². The monoisotopic (exact) mass is 323 g/mol. The van der Waals surface area contributed by atoms with Crippen LogP contribution < -0.4 is 5.32 Å². The molecule has 7 heteroatoms. The molecule has 1 aliphatic heterocycles. The number of carbonyl (C=O) groups is 1. The quantitative estimate of drug-likeness (QED) is 0.927. The lowest BCUT2D eigenvalue weighted by atomic mass is 10.2. The SMILES string of the molecule is Cc1cc(C(=O)N2CCOCC2)nc(Nc2ccc(C#N)cc2)n1. The molecule has 1 N–H and O–H groups in total. The van der Waals surface area contributed by atoms with Crippen molar-refractivity contribution < 1.29 is 9.53 Å². The predicted molar refractivity (Wildman–Crippen MR) is 87.9 cm³/mol. The van der Waals surface area contributed by atoms with E-state index in [1.165, 1.54) is 0 Å². The highest BCUT2D eigenvalue weighted by Gasteiger charge is 2.20. The summed E-state index contributed by atoms with van der Waals surface area (Å²) in [7, 11) is 0. The molecule has 122 valence electrons. The van der Waals surface area contributed by atoms with Gasteiger partial charge in [-0.15, -0.1) is 0 Å². The van der Waals surface area contributed by atoms with Crippen molar-refractivity contribution in [3.63, 3.8) is 0 Å². The fourth-order valence-corrected chi connectivity index (χ4v) is 2.42. The van der Waals surface area contributed by atoms with Gasteiger partial charge in [-0.1, -0.05) is 0 Å². The van der Waals surface area contributed by atoms with Gasteiger partial charge in [-0.3, -0.25) is 4.79 Å². The number of ether oxygens (including phenoxy) is 1. The third-order valence-electron chi connectivity index (χ3n) is 3.64. The topological polar surface area (TPSA) is 91.1 Å². The first-order valence-corrected chi connectivity index (χ1v) is 7.65. The second-order valence-electron chi connectivity index (χ2n) is 5.44. The molecule has 1 aromatic carbocycles. The molecule has 1 aromatic heterocycles. The number of anilines is 2. The summed E-state index contributed by atoms with van der Waals surface area (Å²) in [6.45, 7) is 4.06. The van der Waals surface area contributed by atoms with Crippen LogP contribution in [-0.2, 0) is 4.74 Å². The van der Waals surface area contributed by atoms with Crippen molar-refractivity contribution in [3.05, 3.63) is 47.3 Å². The fraction of sp³-hybridized carbons (Fsp3) is 0.294. The van der Waals surface area contributed by atoms with Crippen LogP contribution in [0.1, 0.15) is 21.7 Å². The molecule has 2 aromatic rings. The van der Waals surface area contributed by atoms with E-state index in [1.54, 1.807) is 35.2 Å². The fourth-order valence-electron chi connectivity index (χ4n) is 2.42. The molecule has 1 amide bonds. The van der Waals surface area contributed by atoms with Crippen molar-refractivity contribution in [1.29, 1.82) is 5.26 Å². The highest BCUT2D eigenvalue weighted by Crippen LogP contribution is 2.16. The van der Waals surface area contributed by atoms with Gasteiger partial charge in [0.15, 0.2) is 0 Å². The number of aromatic nitrogens is 2. The molecule has 1 saturated heterocycles. The third-order valence-corrected chi connectivity index (χ3v) is 3.64. The van der Waals surface area contributed by atoms with E-state index in [4.69, 9.17) is 10.00 Å². The zero-order chi connectivity index (χ0) is 16.9. The number of nitrogens with one attached hydrogen (secondary N) is 1. The number of benzene rings is 1. The Bertz CT molecular complexity index is 777. The molecule has 1 aliphatic rings. The molecule has 1 fully saturated rings. The first-order valence-electron chi connectivity index (χ1n) is 7.65. The molecule has 7 nitrogen and oxygen atoms in total. The molecule has 0 atom stereocenters. The number of nitriles is 1. The minimum atomic E-state index is -0.119. The number of aryl methyl sites for hydroxylation is 1. The Morgan fingerprint density at radius 3 is 2.62 bits per heavy atom. The van der Waals surface area contributed by atoms with Gasteiger partial charge in [0.05, 0.1) is 24.8 Å². The standard InChI is InChI=1S/C17H17N5O2/c1-12-10-15(16(23)22-6-8-24-9-7-22)21-17(19-12)20-14-4-2-13(11-18)3-5-14/h2-5,10H,6-9H2,1H3,(H,19,20,21). The van der Waals surface area contributed by atoms with Crippen molar-refractivity contribution in [1.82, 2.24) is 14.9 Å². The molecule has 2 heterocycles. The first-order chi connectivity index (χ1) is 11.7. The van der Waals surface area contributed by atoms with Crippen LogP contribution in [0, 0.1) is 18.3 Å². The van der Waals surface area contributed by atoms with Gasteiger partial charge in [0, 0.05) is 24.5 Å². The number of carbonyl (C=O) groups excluding carboxylic acids is 1. The third kappa shape index (κ3) is 3.67. The van der Waals surface area contributed by atoms with E-state index in [0.717, 1.165) is 5.69 Å². The molecule has 0 aliphatic carbocycles. The van der Waals surface area contributed by atoms with Gasteiger partial charge in [-0.05, 0) is 37.3 Å². The maximum absolute atomic E-state index is 12.6. The van der Waals surface area contributed by atoms with Crippen molar-refractivity contribution in [2.45, 2.75) is 6.92 Å². The first kappa shape index (κ1) is 15.9. The Morgan fingerprint density at radius 1 is 1.25 bits per heavy atom. The van der Waals surface area contributed by atoms with E-state index in [-0.39, 0.29) is 5.91 Å². The minimum Gasteiger partial charge on any atom is -0.378 e. The average Bonchev–Trinajstić information content (AvgIpc) is 2.62. The van der Waals surface area contributed by atoms with E-state index in [0.29, 0.717) is 49.2 Å². The van der Waals surface area contributed by atoms with E-state index < -0.39 is 0 Å². The number of morpholine rings is 1. The lowest BCUT2D eigenvalue weighted by Crippen LogP contribution is -2.41. The second kappa shape index (κ2) is 7.06. The zero-order valence-electron chi connectivity index (χ0n) is 13.3. The molecular weight excluding hydrogens is 306 g/mol. The molecule has 3 rings (SSSR count). The maximum Gasteiger partial charge on any atom is 0.272 e. The van der Waals surface area contributed by atoms with E-state index >= 15 is 0 Å². The Morgan fingerprint density at radius 2 is 1.96 bits per heavy atom. The number of hydrogen-bond donors (Lipinski definition) is 1. The summed E-state index contributed by atoms with van der Waals surface area (Å²) in [5.74, 6) is 0.239. The van der Waals surface area contributed by atoms with Gasteiger partial charge in [-0.2, -0.15) is 5.26 Å². The number of hydrogen-bond acceptors (Lipinski definition) is 6. The van der Waals surface area contributed by atoms with E-state index in [9.17, 15) is 4.79 Å². The van der Waals surface area contributed by atoms with Gasteiger partial charge in [0.25, 0.3) is 5.91 Å². The summed E-state index contributed by atoms with van der Waals surface area (Å²) in [6.07, 6.45) is 0. The molecule has 0 saturated carbocycles. The Hall–Kier alpha value is -2.98. The number of amides is 1. The van der Waals surface area contributed by atoms with E-state index in [1.807, 2.05) is 6.92 Å². The van der Waals surface area contributed by atoms with Crippen LogP contribution in [0.4, 0.5) is 11.6 Å². The summed E-state index contributed by atoms with van der Waals surface area (Å²) in [4.78, 5) is 22.9. The average molecular weight is 323 g/mol. The normalized spacial score (nSPS) is 14.1. The van der Waals surface area contributed by atoms with E-state index in [2.05, 4.69) is 21.4 Å². The lowest BCUT2D eigenvalue weighted by molar-refractivity contribution is 0.0299. The largest absolute Gasteiger partial charge is 0.378 e. The number of nitrogens with zero attached hydrogens (tertiary/aromatic N) is 4. The molecule has 0 spiro atoms. The summed E-state index contributed by atoms with van der Waals surface area (Å²) in [5, 5.41) is 11.9. The summed E-state index contributed by atoms with van der Waals surface area (Å²) >= 11 is 0. The van der Waals surface area contributed by atoms with Crippen LogP contribution in [-0.4, -0.2) is 47.1 Å². The molecule has 0 bridgehead atoms. The van der Waals surface area contributed by atoms with Gasteiger partial charge >= 0.3 is 0 Å².